The van der Waals surface area contributed by atoms with Gasteiger partial charge < -0.3 is 24.7 Å². The van der Waals surface area contributed by atoms with Gasteiger partial charge in [0.15, 0.2) is 11.5 Å². The lowest BCUT2D eigenvalue weighted by molar-refractivity contribution is -0.131. The molecule has 32 heavy (non-hydrogen) atoms. The number of benzene rings is 2. The number of hydrogen-bond acceptors (Lipinski definition) is 4. The zero-order valence-electron chi connectivity index (χ0n) is 18.7. The summed E-state index contributed by atoms with van der Waals surface area (Å²) in [5, 5.41) is 4.00. The van der Waals surface area contributed by atoms with Gasteiger partial charge in [-0.3, -0.25) is 9.59 Å². The number of aromatic amines is 1. The Kier molecular flexibility index (Phi) is 6.35. The Balaban J connectivity index is 1.33. The minimum atomic E-state index is -0.316. The molecule has 3 aromatic rings. The Labute approximate surface area is 187 Å². The van der Waals surface area contributed by atoms with Crippen molar-refractivity contribution in [2.45, 2.75) is 25.7 Å². The van der Waals surface area contributed by atoms with Gasteiger partial charge in [0.25, 0.3) is 5.91 Å². The van der Waals surface area contributed by atoms with Crippen molar-refractivity contribution in [1.29, 1.82) is 0 Å². The van der Waals surface area contributed by atoms with E-state index in [1.54, 1.807) is 25.3 Å². The SMILES string of the molecule is COc1ccc(C(=O)NCC(=O)N2CCC(c3c(C)[nH]c4ccccc34)CC2)cc1OC. The van der Waals surface area contributed by atoms with Crippen LogP contribution in [0.2, 0.25) is 0 Å². The largest absolute Gasteiger partial charge is 0.493 e. The predicted octanol–water partition coefficient (Wildman–Crippen LogP) is 3.63. The molecule has 1 aliphatic heterocycles. The lowest BCUT2D eigenvalue weighted by atomic mass is 9.87. The molecule has 4 rings (SSSR count). The van der Waals surface area contributed by atoms with Crippen molar-refractivity contribution in [3.8, 4) is 11.5 Å². The maximum absolute atomic E-state index is 12.7. The van der Waals surface area contributed by atoms with Gasteiger partial charge in [0.2, 0.25) is 5.91 Å². The second kappa shape index (κ2) is 9.34. The van der Waals surface area contributed by atoms with Crippen molar-refractivity contribution in [1.82, 2.24) is 15.2 Å². The number of para-hydroxylation sites is 1. The highest BCUT2D eigenvalue weighted by Gasteiger charge is 2.27. The number of aromatic nitrogens is 1. The minimum absolute atomic E-state index is 0.0239. The third kappa shape index (κ3) is 4.28. The molecule has 0 unspecified atom stereocenters. The van der Waals surface area contributed by atoms with E-state index in [0.717, 1.165) is 18.4 Å². The van der Waals surface area contributed by atoms with E-state index in [4.69, 9.17) is 9.47 Å². The standard InChI is InChI=1S/C25H29N3O4/c1-16-24(19-6-4-5-7-20(19)27-16)17-10-12-28(13-11-17)23(29)15-26-25(30)18-8-9-21(31-2)22(14-18)32-3/h4-9,14,17,27H,10-13,15H2,1-3H3,(H,26,30). The smallest absolute Gasteiger partial charge is 0.251 e. The summed E-state index contributed by atoms with van der Waals surface area (Å²) in [6.45, 7) is 3.48. The molecule has 2 amide bonds. The van der Waals surface area contributed by atoms with Crippen LogP contribution in [0.1, 0.15) is 40.4 Å². The molecular formula is C25H29N3O4. The van der Waals surface area contributed by atoms with Crippen LogP contribution in [0, 0.1) is 6.92 Å². The zero-order chi connectivity index (χ0) is 22.7. The van der Waals surface area contributed by atoms with E-state index in [1.165, 1.54) is 23.8 Å². The van der Waals surface area contributed by atoms with Crippen LogP contribution in [-0.4, -0.2) is 55.6 Å². The highest BCUT2D eigenvalue weighted by Crippen LogP contribution is 2.35. The molecule has 7 heteroatoms. The molecular weight excluding hydrogens is 406 g/mol. The molecule has 0 atom stereocenters. The first kappa shape index (κ1) is 21.7. The van der Waals surface area contributed by atoms with E-state index in [-0.39, 0.29) is 18.4 Å². The third-order valence-corrected chi connectivity index (χ3v) is 6.25. The van der Waals surface area contributed by atoms with Gasteiger partial charge in [0.1, 0.15) is 0 Å². The van der Waals surface area contributed by atoms with Gasteiger partial charge in [-0.05, 0) is 55.5 Å². The number of carbonyl (C=O) groups excluding carboxylic acids is 2. The number of methoxy groups -OCH3 is 2. The molecule has 7 nitrogen and oxygen atoms in total. The van der Waals surface area contributed by atoms with Crippen molar-refractivity contribution < 1.29 is 19.1 Å². The van der Waals surface area contributed by atoms with E-state index in [2.05, 4.69) is 35.4 Å². The van der Waals surface area contributed by atoms with Crippen molar-refractivity contribution in [2.24, 2.45) is 0 Å². The maximum Gasteiger partial charge on any atom is 0.251 e. The molecule has 2 heterocycles. The molecule has 1 fully saturated rings. The Morgan fingerprint density at radius 1 is 1.06 bits per heavy atom. The fourth-order valence-corrected chi connectivity index (χ4v) is 4.59. The molecule has 1 aromatic heterocycles. The topological polar surface area (TPSA) is 83.7 Å². The number of hydrogen-bond donors (Lipinski definition) is 2. The number of nitrogens with zero attached hydrogens (tertiary/aromatic N) is 1. The van der Waals surface area contributed by atoms with Crippen LogP contribution in [0.5, 0.6) is 11.5 Å². The lowest BCUT2D eigenvalue weighted by Gasteiger charge is -2.32. The number of ether oxygens (including phenoxy) is 2. The first-order valence-electron chi connectivity index (χ1n) is 10.9. The quantitative estimate of drug-likeness (QED) is 0.619. The molecule has 0 bridgehead atoms. The highest BCUT2D eigenvalue weighted by atomic mass is 16.5. The Hall–Kier alpha value is -3.48. The summed E-state index contributed by atoms with van der Waals surface area (Å²) in [6, 6.07) is 13.3. The lowest BCUT2D eigenvalue weighted by Crippen LogP contribution is -2.43. The molecule has 1 aliphatic rings. The van der Waals surface area contributed by atoms with Gasteiger partial charge in [0.05, 0.1) is 20.8 Å². The van der Waals surface area contributed by atoms with Crippen LogP contribution in [0.15, 0.2) is 42.5 Å². The van der Waals surface area contributed by atoms with Crippen molar-refractivity contribution in [3.05, 3.63) is 59.3 Å². The second-order valence-electron chi connectivity index (χ2n) is 8.12. The zero-order valence-corrected chi connectivity index (χ0v) is 18.7. The first-order valence-corrected chi connectivity index (χ1v) is 10.9. The molecule has 2 N–H and O–H groups in total. The van der Waals surface area contributed by atoms with E-state index in [1.807, 2.05) is 11.0 Å². The number of carbonyl (C=O) groups is 2. The molecule has 1 saturated heterocycles. The summed E-state index contributed by atoms with van der Waals surface area (Å²) in [7, 11) is 3.06. The van der Waals surface area contributed by atoms with Crippen LogP contribution in [-0.2, 0) is 4.79 Å². The van der Waals surface area contributed by atoms with Gasteiger partial charge >= 0.3 is 0 Å². The average Bonchev–Trinajstić information content (AvgIpc) is 3.17. The van der Waals surface area contributed by atoms with E-state index >= 15 is 0 Å². The summed E-state index contributed by atoms with van der Waals surface area (Å²) in [4.78, 5) is 30.5. The Morgan fingerprint density at radius 3 is 2.50 bits per heavy atom. The Bertz CT molecular complexity index is 1130. The summed E-state index contributed by atoms with van der Waals surface area (Å²) in [5.74, 6) is 1.07. The van der Waals surface area contributed by atoms with Gasteiger partial charge in [-0.15, -0.1) is 0 Å². The molecule has 0 saturated carbocycles. The average molecular weight is 436 g/mol. The number of H-pyrrole nitrogens is 1. The maximum atomic E-state index is 12.7. The molecule has 0 radical (unpaired) electrons. The van der Waals surface area contributed by atoms with Crippen LogP contribution >= 0.6 is 0 Å². The monoisotopic (exact) mass is 435 g/mol. The molecule has 0 spiro atoms. The number of likely N-dealkylation sites (tertiary alicyclic amines) is 1. The van der Waals surface area contributed by atoms with Crippen LogP contribution in [0.3, 0.4) is 0 Å². The highest BCUT2D eigenvalue weighted by molar-refractivity contribution is 5.97. The van der Waals surface area contributed by atoms with Crippen LogP contribution in [0.25, 0.3) is 10.9 Å². The fourth-order valence-electron chi connectivity index (χ4n) is 4.59. The van der Waals surface area contributed by atoms with Crippen LogP contribution in [0.4, 0.5) is 0 Å². The summed E-state index contributed by atoms with van der Waals surface area (Å²) in [6.07, 6.45) is 1.83. The normalized spacial score (nSPS) is 14.4. The van der Waals surface area contributed by atoms with Crippen LogP contribution < -0.4 is 14.8 Å². The van der Waals surface area contributed by atoms with Gasteiger partial charge in [-0.2, -0.15) is 0 Å². The summed E-state index contributed by atoms with van der Waals surface area (Å²) >= 11 is 0. The van der Waals surface area contributed by atoms with Crippen molar-refractivity contribution in [2.75, 3.05) is 33.9 Å². The molecule has 168 valence electrons. The van der Waals surface area contributed by atoms with Crippen molar-refractivity contribution in [3.63, 3.8) is 0 Å². The molecule has 0 aliphatic carbocycles. The summed E-state index contributed by atoms with van der Waals surface area (Å²) in [5.41, 5.74) is 4.16. The van der Waals surface area contributed by atoms with Gasteiger partial charge in [-0.25, -0.2) is 0 Å². The number of nitrogens with one attached hydrogen (secondary N) is 2. The molecule has 2 aromatic carbocycles. The number of fused-ring (bicyclic) bond motifs is 1. The number of rotatable bonds is 6. The van der Waals surface area contributed by atoms with E-state index < -0.39 is 0 Å². The second-order valence-corrected chi connectivity index (χ2v) is 8.12. The van der Waals surface area contributed by atoms with Crippen molar-refractivity contribution >= 4 is 22.7 Å². The third-order valence-electron chi connectivity index (χ3n) is 6.25. The minimum Gasteiger partial charge on any atom is -0.493 e. The number of piperidine rings is 1. The van der Waals surface area contributed by atoms with Gasteiger partial charge in [0, 0.05) is 35.2 Å². The fraction of sp³-hybridized carbons (Fsp3) is 0.360. The number of amides is 2. The Morgan fingerprint density at radius 2 is 1.78 bits per heavy atom. The van der Waals surface area contributed by atoms with E-state index in [9.17, 15) is 9.59 Å². The predicted molar refractivity (Wildman–Crippen MR) is 123 cm³/mol. The van der Waals surface area contributed by atoms with Gasteiger partial charge in [-0.1, -0.05) is 18.2 Å². The number of aryl methyl sites for hydroxylation is 1. The van der Waals surface area contributed by atoms with E-state index in [0.29, 0.717) is 36.1 Å². The summed E-state index contributed by atoms with van der Waals surface area (Å²) < 4.78 is 10.4. The first-order chi connectivity index (χ1) is 15.5.